The lowest BCUT2D eigenvalue weighted by atomic mass is 10.00. The number of nitrogens with one attached hydrogen (secondary N) is 1. The van der Waals surface area contributed by atoms with Gasteiger partial charge in [-0.3, -0.25) is 9.69 Å². The highest BCUT2D eigenvalue weighted by Crippen LogP contribution is 2.25. The van der Waals surface area contributed by atoms with Crippen LogP contribution >= 0.6 is 0 Å². The first-order valence-corrected chi connectivity index (χ1v) is 7.30. The van der Waals surface area contributed by atoms with E-state index in [1.165, 1.54) is 37.9 Å². The molecule has 4 heteroatoms. The van der Waals surface area contributed by atoms with Gasteiger partial charge >= 0.3 is 0 Å². The monoisotopic (exact) mass is 262 g/mol. The van der Waals surface area contributed by atoms with Crippen LogP contribution in [-0.2, 0) is 11.2 Å². The first-order valence-electron chi connectivity index (χ1n) is 7.30. The molecule has 4 nitrogen and oxygen atoms in total. The number of ether oxygens (including phenoxy) is 1. The Balaban J connectivity index is 1.53. The maximum Gasteiger partial charge on any atom is 0.247 e. The maximum atomic E-state index is 11.0. The van der Waals surface area contributed by atoms with Crippen molar-refractivity contribution in [3.05, 3.63) is 34.2 Å². The van der Waals surface area contributed by atoms with E-state index in [4.69, 9.17) is 4.74 Å². The van der Waals surface area contributed by atoms with Crippen molar-refractivity contribution < 1.29 is 4.74 Å². The van der Waals surface area contributed by atoms with Gasteiger partial charge in [0.1, 0.15) is 0 Å². The van der Waals surface area contributed by atoms with Gasteiger partial charge in [0.05, 0.1) is 0 Å². The maximum absolute atomic E-state index is 11.0. The summed E-state index contributed by atoms with van der Waals surface area (Å²) in [5.74, 6) is 0.730. The highest BCUT2D eigenvalue weighted by atomic mass is 16.5. The van der Waals surface area contributed by atoms with Crippen LogP contribution in [0.5, 0.6) is 0 Å². The summed E-state index contributed by atoms with van der Waals surface area (Å²) in [5.41, 5.74) is 1.23. The van der Waals surface area contributed by atoms with E-state index in [2.05, 4.69) is 9.88 Å². The van der Waals surface area contributed by atoms with Crippen LogP contribution in [0.3, 0.4) is 0 Å². The van der Waals surface area contributed by atoms with Crippen molar-refractivity contribution in [1.82, 2.24) is 9.88 Å². The van der Waals surface area contributed by atoms with E-state index in [1.807, 2.05) is 12.3 Å². The van der Waals surface area contributed by atoms with E-state index < -0.39 is 0 Å². The number of aromatic nitrogens is 1. The Kier molecular flexibility index (Phi) is 3.99. The predicted molar refractivity (Wildman–Crippen MR) is 74.3 cm³/mol. The SMILES string of the molecule is O=c1ccc(CC2CCN(C3CCOCC3)C2)c[nH]1. The molecule has 19 heavy (non-hydrogen) atoms. The summed E-state index contributed by atoms with van der Waals surface area (Å²) in [6.45, 7) is 4.26. The smallest absolute Gasteiger partial charge is 0.247 e. The molecular formula is C15H22N2O2. The number of hydrogen-bond donors (Lipinski definition) is 1. The molecule has 1 aromatic heterocycles. The third-order valence-corrected chi connectivity index (χ3v) is 4.40. The zero-order valence-electron chi connectivity index (χ0n) is 11.3. The van der Waals surface area contributed by atoms with E-state index in [1.54, 1.807) is 6.07 Å². The summed E-state index contributed by atoms with van der Waals surface area (Å²) < 4.78 is 5.43. The number of hydrogen-bond acceptors (Lipinski definition) is 3. The van der Waals surface area contributed by atoms with Gasteiger partial charge in [-0.1, -0.05) is 6.07 Å². The van der Waals surface area contributed by atoms with Gasteiger partial charge in [0.25, 0.3) is 0 Å². The molecule has 0 spiro atoms. The molecule has 3 rings (SSSR count). The molecule has 1 unspecified atom stereocenters. The minimum absolute atomic E-state index is 0.0148. The number of nitrogens with zero attached hydrogens (tertiary/aromatic N) is 1. The average Bonchev–Trinajstić information content (AvgIpc) is 2.91. The summed E-state index contributed by atoms with van der Waals surface area (Å²) in [6, 6.07) is 4.31. The second-order valence-electron chi connectivity index (χ2n) is 5.76. The van der Waals surface area contributed by atoms with Gasteiger partial charge in [-0.05, 0) is 43.7 Å². The molecule has 2 aliphatic rings. The molecule has 2 saturated heterocycles. The molecule has 3 heterocycles. The summed E-state index contributed by atoms with van der Waals surface area (Å²) in [6.07, 6.45) is 6.59. The van der Waals surface area contributed by atoms with Gasteiger partial charge in [-0.2, -0.15) is 0 Å². The lowest BCUT2D eigenvalue weighted by Crippen LogP contribution is -2.37. The lowest BCUT2D eigenvalue weighted by Gasteiger charge is -2.31. The Morgan fingerprint density at radius 2 is 2.11 bits per heavy atom. The molecule has 104 valence electrons. The van der Waals surface area contributed by atoms with Crippen LogP contribution in [0.1, 0.15) is 24.8 Å². The van der Waals surface area contributed by atoms with Gasteiger partial charge in [0.15, 0.2) is 0 Å². The quantitative estimate of drug-likeness (QED) is 0.896. The fourth-order valence-electron chi connectivity index (χ4n) is 3.31. The van der Waals surface area contributed by atoms with Gasteiger partial charge in [0.2, 0.25) is 5.56 Å². The van der Waals surface area contributed by atoms with E-state index in [0.29, 0.717) is 0 Å². The van der Waals surface area contributed by atoms with Crippen molar-refractivity contribution >= 4 is 0 Å². The second-order valence-corrected chi connectivity index (χ2v) is 5.76. The molecule has 2 aliphatic heterocycles. The summed E-state index contributed by atoms with van der Waals surface area (Å²) in [4.78, 5) is 16.4. The number of rotatable bonds is 3. The molecule has 1 atom stereocenters. The Labute approximate surface area is 113 Å². The highest BCUT2D eigenvalue weighted by Gasteiger charge is 2.29. The molecule has 0 bridgehead atoms. The van der Waals surface area contributed by atoms with E-state index in [-0.39, 0.29) is 5.56 Å². The van der Waals surface area contributed by atoms with Crippen molar-refractivity contribution in [3.8, 4) is 0 Å². The van der Waals surface area contributed by atoms with E-state index in [9.17, 15) is 4.79 Å². The third kappa shape index (κ3) is 3.25. The lowest BCUT2D eigenvalue weighted by molar-refractivity contribution is 0.0411. The van der Waals surface area contributed by atoms with E-state index >= 15 is 0 Å². The van der Waals surface area contributed by atoms with Crippen molar-refractivity contribution in [2.75, 3.05) is 26.3 Å². The fourth-order valence-corrected chi connectivity index (χ4v) is 3.31. The summed E-state index contributed by atoms with van der Waals surface area (Å²) in [5, 5.41) is 0. The second kappa shape index (κ2) is 5.88. The largest absolute Gasteiger partial charge is 0.381 e. The molecule has 0 radical (unpaired) electrons. The molecule has 0 aromatic carbocycles. The molecule has 0 amide bonds. The van der Waals surface area contributed by atoms with Crippen molar-refractivity contribution in [3.63, 3.8) is 0 Å². The van der Waals surface area contributed by atoms with Crippen LogP contribution in [0.15, 0.2) is 23.1 Å². The van der Waals surface area contributed by atoms with Crippen LogP contribution in [-0.4, -0.2) is 42.2 Å². The number of aromatic amines is 1. The van der Waals surface area contributed by atoms with Crippen LogP contribution in [0.4, 0.5) is 0 Å². The van der Waals surface area contributed by atoms with Gasteiger partial charge < -0.3 is 9.72 Å². The third-order valence-electron chi connectivity index (χ3n) is 4.40. The molecule has 2 fully saturated rings. The summed E-state index contributed by atoms with van der Waals surface area (Å²) >= 11 is 0. The minimum atomic E-state index is -0.0148. The van der Waals surface area contributed by atoms with Crippen molar-refractivity contribution in [1.29, 1.82) is 0 Å². The highest BCUT2D eigenvalue weighted by molar-refractivity contribution is 5.10. The Morgan fingerprint density at radius 1 is 1.26 bits per heavy atom. The van der Waals surface area contributed by atoms with Crippen LogP contribution in [0.2, 0.25) is 0 Å². The Morgan fingerprint density at radius 3 is 2.84 bits per heavy atom. The van der Waals surface area contributed by atoms with Crippen molar-refractivity contribution in [2.24, 2.45) is 5.92 Å². The number of likely N-dealkylation sites (tertiary alicyclic amines) is 1. The minimum Gasteiger partial charge on any atom is -0.381 e. The normalized spacial score (nSPS) is 25.8. The van der Waals surface area contributed by atoms with Crippen molar-refractivity contribution in [2.45, 2.75) is 31.7 Å². The molecule has 0 aliphatic carbocycles. The van der Waals surface area contributed by atoms with Gasteiger partial charge in [0, 0.05) is 38.1 Å². The molecule has 1 aromatic rings. The molecule has 1 N–H and O–H groups in total. The Hall–Kier alpha value is -1.13. The zero-order valence-corrected chi connectivity index (χ0v) is 11.3. The van der Waals surface area contributed by atoms with Gasteiger partial charge in [-0.25, -0.2) is 0 Å². The molecular weight excluding hydrogens is 240 g/mol. The topological polar surface area (TPSA) is 45.3 Å². The van der Waals surface area contributed by atoms with Crippen LogP contribution < -0.4 is 5.56 Å². The van der Waals surface area contributed by atoms with E-state index in [0.717, 1.165) is 31.6 Å². The summed E-state index contributed by atoms with van der Waals surface area (Å²) in [7, 11) is 0. The predicted octanol–water partition coefficient (Wildman–Crippen LogP) is 1.42. The van der Waals surface area contributed by atoms with Crippen LogP contribution in [0, 0.1) is 5.92 Å². The standard InChI is InChI=1S/C15H22N2O2/c18-15-2-1-12(10-16-15)9-13-3-6-17(11-13)14-4-7-19-8-5-14/h1-2,10,13-14H,3-9,11H2,(H,16,18). The number of pyridine rings is 1. The zero-order chi connectivity index (χ0) is 13.1. The van der Waals surface area contributed by atoms with Crippen LogP contribution in [0.25, 0.3) is 0 Å². The first-order chi connectivity index (χ1) is 9.31. The first kappa shape index (κ1) is 12.9. The molecule has 0 saturated carbocycles. The fraction of sp³-hybridized carbons (Fsp3) is 0.667. The Bertz CT molecular complexity index is 445. The average molecular weight is 262 g/mol. The number of H-pyrrole nitrogens is 1. The van der Waals surface area contributed by atoms with Gasteiger partial charge in [-0.15, -0.1) is 0 Å².